The maximum Gasteiger partial charge on any atom is 0.161 e. The molecule has 0 radical (unpaired) electrons. The van der Waals surface area contributed by atoms with Crippen LogP contribution in [0.15, 0.2) is 30.3 Å². The molecule has 0 heterocycles. The van der Waals surface area contributed by atoms with E-state index in [1.807, 2.05) is 30.3 Å². The maximum absolute atomic E-state index is 11.1. The molecule has 1 atom stereocenters. The molecule has 82 valence electrons. The van der Waals surface area contributed by atoms with Gasteiger partial charge in [-0.05, 0) is 5.56 Å². The smallest absolute Gasteiger partial charge is 0.161 e. The molecular formula is C11H15NO2S. The van der Waals surface area contributed by atoms with Crippen molar-refractivity contribution in [2.45, 2.75) is 12.6 Å². The van der Waals surface area contributed by atoms with Gasteiger partial charge in [0.05, 0.1) is 25.0 Å². The first kappa shape index (κ1) is 12.2. The van der Waals surface area contributed by atoms with Gasteiger partial charge in [0.25, 0.3) is 0 Å². The standard InChI is InChI=1S/C11H15NO2S/c12-10(11(13)8-15)7-14-6-9-4-2-1-3-5-9/h1-5,10,15H,6-8,12H2/t10-/m0/s1. The lowest BCUT2D eigenvalue weighted by molar-refractivity contribution is -0.119. The normalized spacial score (nSPS) is 12.4. The van der Waals surface area contributed by atoms with E-state index >= 15 is 0 Å². The molecule has 4 heteroatoms. The Labute approximate surface area is 95.0 Å². The predicted molar refractivity (Wildman–Crippen MR) is 62.9 cm³/mol. The third-order valence-corrected chi connectivity index (χ3v) is 2.29. The second-order valence-corrected chi connectivity index (χ2v) is 3.55. The number of carbonyl (C=O) groups excluding carboxylic acids is 1. The molecule has 1 aromatic carbocycles. The highest BCUT2D eigenvalue weighted by Gasteiger charge is 2.11. The van der Waals surface area contributed by atoms with E-state index in [1.165, 1.54) is 0 Å². The number of carbonyl (C=O) groups is 1. The number of Topliss-reactive ketones (excluding diaryl/α,β-unsaturated/α-hetero) is 1. The Kier molecular flexibility index (Phi) is 5.39. The predicted octanol–water partition coefficient (Wildman–Crippen LogP) is 1.03. The van der Waals surface area contributed by atoms with Crippen LogP contribution >= 0.6 is 12.6 Å². The number of nitrogens with two attached hydrogens (primary N) is 1. The van der Waals surface area contributed by atoms with Crippen LogP contribution in [0.1, 0.15) is 5.56 Å². The maximum atomic E-state index is 11.1. The zero-order valence-electron chi connectivity index (χ0n) is 8.43. The van der Waals surface area contributed by atoms with Crippen molar-refractivity contribution in [3.63, 3.8) is 0 Å². The molecule has 0 unspecified atom stereocenters. The van der Waals surface area contributed by atoms with Crippen LogP contribution < -0.4 is 5.73 Å². The summed E-state index contributed by atoms with van der Waals surface area (Å²) in [5.41, 5.74) is 6.64. The van der Waals surface area contributed by atoms with Gasteiger partial charge in [-0.1, -0.05) is 30.3 Å². The van der Waals surface area contributed by atoms with E-state index in [-0.39, 0.29) is 18.1 Å². The van der Waals surface area contributed by atoms with Gasteiger partial charge in [-0.25, -0.2) is 0 Å². The Balaban J connectivity index is 2.25. The van der Waals surface area contributed by atoms with Gasteiger partial charge in [0.1, 0.15) is 0 Å². The minimum atomic E-state index is -0.564. The molecule has 0 saturated heterocycles. The molecule has 0 amide bonds. The molecule has 0 aliphatic carbocycles. The molecule has 0 fully saturated rings. The fourth-order valence-corrected chi connectivity index (χ4v) is 1.32. The van der Waals surface area contributed by atoms with Crippen LogP contribution in [0.2, 0.25) is 0 Å². The Bertz CT molecular complexity index is 303. The molecule has 1 rings (SSSR count). The molecule has 1 aromatic rings. The Morgan fingerprint density at radius 3 is 2.67 bits per heavy atom. The van der Waals surface area contributed by atoms with Crippen LogP contribution in [-0.2, 0) is 16.1 Å². The summed E-state index contributed by atoms with van der Waals surface area (Å²) in [6, 6.07) is 9.19. The summed E-state index contributed by atoms with van der Waals surface area (Å²) >= 11 is 3.86. The molecule has 0 aliphatic heterocycles. The average molecular weight is 225 g/mol. The van der Waals surface area contributed by atoms with Gasteiger partial charge in [0.2, 0.25) is 0 Å². The number of ether oxygens (including phenoxy) is 1. The van der Waals surface area contributed by atoms with Gasteiger partial charge in [-0.3, -0.25) is 4.79 Å². The zero-order chi connectivity index (χ0) is 11.1. The number of thiol groups is 1. The molecular weight excluding hydrogens is 210 g/mol. The lowest BCUT2D eigenvalue weighted by atomic mass is 10.2. The van der Waals surface area contributed by atoms with E-state index in [9.17, 15) is 4.79 Å². The number of benzene rings is 1. The fourth-order valence-electron chi connectivity index (χ4n) is 1.09. The minimum Gasteiger partial charge on any atom is -0.375 e. The summed E-state index contributed by atoms with van der Waals surface area (Å²) < 4.78 is 5.32. The van der Waals surface area contributed by atoms with E-state index in [1.54, 1.807) is 0 Å². The molecule has 3 nitrogen and oxygen atoms in total. The fraction of sp³-hybridized carbons (Fsp3) is 0.364. The highest BCUT2D eigenvalue weighted by Crippen LogP contribution is 2.00. The van der Waals surface area contributed by atoms with Crippen LogP contribution in [0.4, 0.5) is 0 Å². The SMILES string of the molecule is N[C@@H](COCc1ccccc1)C(=O)CS. The van der Waals surface area contributed by atoms with Crippen LogP contribution in [-0.4, -0.2) is 24.2 Å². The molecule has 0 spiro atoms. The first-order chi connectivity index (χ1) is 7.24. The van der Waals surface area contributed by atoms with E-state index < -0.39 is 6.04 Å². The first-order valence-corrected chi connectivity index (χ1v) is 5.38. The number of rotatable bonds is 6. The lowest BCUT2D eigenvalue weighted by Gasteiger charge is -2.09. The molecule has 0 bridgehead atoms. The van der Waals surface area contributed by atoms with E-state index in [2.05, 4.69) is 12.6 Å². The summed E-state index contributed by atoms with van der Waals surface area (Å²) in [6.45, 7) is 0.725. The van der Waals surface area contributed by atoms with Crippen molar-refractivity contribution >= 4 is 18.4 Å². The highest BCUT2D eigenvalue weighted by atomic mass is 32.1. The topological polar surface area (TPSA) is 52.3 Å². The Hall–Kier alpha value is -0.840. The molecule has 15 heavy (non-hydrogen) atoms. The first-order valence-electron chi connectivity index (χ1n) is 4.75. The highest BCUT2D eigenvalue weighted by molar-refractivity contribution is 7.81. The molecule has 2 N–H and O–H groups in total. The summed E-state index contributed by atoms with van der Waals surface area (Å²) in [5.74, 6) is 0.0713. The van der Waals surface area contributed by atoms with Crippen LogP contribution in [0.25, 0.3) is 0 Å². The third-order valence-electron chi connectivity index (χ3n) is 1.98. The quantitative estimate of drug-likeness (QED) is 0.711. The van der Waals surface area contributed by atoms with E-state index in [4.69, 9.17) is 10.5 Å². The van der Waals surface area contributed by atoms with Gasteiger partial charge < -0.3 is 10.5 Å². The lowest BCUT2D eigenvalue weighted by Crippen LogP contribution is -2.36. The van der Waals surface area contributed by atoms with E-state index in [0.717, 1.165) is 5.56 Å². The van der Waals surface area contributed by atoms with Gasteiger partial charge in [-0.15, -0.1) is 0 Å². The van der Waals surface area contributed by atoms with Crippen molar-refractivity contribution in [3.05, 3.63) is 35.9 Å². The van der Waals surface area contributed by atoms with Crippen molar-refractivity contribution in [3.8, 4) is 0 Å². The number of hydrogen-bond acceptors (Lipinski definition) is 4. The van der Waals surface area contributed by atoms with Gasteiger partial charge in [0.15, 0.2) is 5.78 Å². The minimum absolute atomic E-state index is 0.0913. The van der Waals surface area contributed by atoms with Gasteiger partial charge in [-0.2, -0.15) is 12.6 Å². The Morgan fingerprint density at radius 2 is 2.07 bits per heavy atom. The number of ketones is 1. The third kappa shape index (κ3) is 4.46. The summed E-state index contributed by atoms with van der Waals surface area (Å²) in [6.07, 6.45) is 0. The second-order valence-electron chi connectivity index (χ2n) is 3.23. The van der Waals surface area contributed by atoms with Crippen LogP contribution in [0, 0.1) is 0 Å². The summed E-state index contributed by atoms with van der Waals surface area (Å²) in [7, 11) is 0. The van der Waals surface area contributed by atoms with Gasteiger partial charge in [0, 0.05) is 0 Å². The summed E-state index contributed by atoms with van der Waals surface area (Å²) in [5, 5.41) is 0. The van der Waals surface area contributed by atoms with Crippen molar-refractivity contribution in [1.82, 2.24) is 0 Å². The average Bonchev–Trinajstić information content (AvgIpc) is 2.29. The van der Waals surface area contributed by atoms with Crippen molar-refractivity contribution in [1.29, 1.82) is 0 Å². The van der Waals surface area contributed by atoms with Crippen molar-refractivity contribution < 1.29 is 9.53 Å². The second kappa shape index (κ2) is 6.61. The molecule has 0 aliphatic rings. The zero-order valence-corrected chi connectivity index (χ0v) is 9.32. The largest absolute Gasteiger partial charge is 0.375 e. The number of hydrogen-bond donors (Lipinski definition) is 2. The van der Waals surface area contributed by atoms with Gasteiger partial charge >= 0.3 is 0 Å². The van der Waals surface area contributed by atoms with Crippen molar-refractivity contribution in [2.75, 3.05) is 12.4 Å². The van der Waals surface area contributed by atoms with E-state index in [0.29, 0.717) is 6.61 Å². The monoisotopic (exact) mass is 225 g/mol. The molecule has 0 aromatic heterocycles. The summed E-state index contributed by atoms with van der Waals surface area (Å²) in [4.78, 5) is 11.1. The van der Waals surface area contributed by atoms with Crippen LogP contribution in [0.5, 0.6) is 0 Å². The van der Waals surface area contributed by atoms with Crippen LogP contribution in [0.3, 0.4) is 0 Å². The molecule has 0 saturated carbocycles. The van der Waals surface area contributed by atoms with Crippen molar-refractivity contribution in [2.24, 2.45) is 5.73 Å². The Morgan fingerprint density at radius 1 is 1.40 bits per heavy atom.